The fourth-order valence-electron chi connectivity index (χ4n) is 2.14. The van der Waals surface area contributed by atoms with Crippen molar-refractivity contribution in [3.8, 4) is 0 Å². The van der Waals surface area contributed by atoms with Crippen molar-refractivity contribution in [2.75, 3.05) is 30.8 Å². The summed E-state index contributed by atoms with van der Waals surface area (Å²) < 4.78 is 52.5. The van der Waals surface area contributed by atoms with E-state index >= 15 is 0 Å². The molecule has 0 atom stereocenters. The third-order valence-electron chi connectivity index (χ3n) is 3.34. The summed E-state index contributed by atoms with van der Waals surface area (Å²) in [6, 6.07) is 5.00. The van der Waals surface area contributed by atoms with E-state index in [0.717, 1.165) is 18.2 Å². The molecule has 27 heavy (non-hydrogen) atoms. The van der Waals surface area contributed by atoms with Crippen molar-refractivity contribution in [2.24, 2.45) is 0 Å². The first-order valence-electron chi connectivity index (χ1n) is 7.54. The smallest absolute Gasteiger partial charge is 0.238 e. The number of hydrogen-bond acceptors (Lipinski definition) is 3. The van der Waals surface area contributed by atoms with Gasteiger partial charge in [-0.3, -0.25) is 14.5 Å². The Bertz CT molecular complexity index is 879. The lowest BCUT2D eigenvalue weighted by atomic mass is 10.2. The fraction of sp³-hybridized carbons (Fsp3) is 0.176. The van der Waals surface area contributed by atoms with Gasteiger partial charge in [0.15, 0.2) is 17.5 Å². The molecule has 0 aromatic heterocycles. The van der Waals surface area contributed by atoms with Crippen LogP contribution in [0.4, 0.5) is 28.9 Å². The second kappa shape index (κ2) is 8.83. The summed E-state index contributed by atoms with van der Waals surface area (Å²) in [6.07, 6.45) is 0. The minimum atomic E-state index is -1.70. The predicted octanol–water partition coefficient (Wildman–Crippen LogP) is 3.41. The van der Waals surface area contributed by atoms with Crippen LogP contribution in [-0.2, 0) is 9.59 Å². The normalized spacial score (nSPS) is 10.8. The lowest BCUT2D eigenvalue weighted by Crippen LogP contribution is -2.36. The molecule has 144 valence electrons. The zero-order valence-electron chi connectivity index (χ0n) is 14.0. The number of carbonyl (C=O) groups is 2. The van der Waals surface area contributed by atoms with E-state index in [1.807, 2.05) is 0 Å². The van der Waals surface area contributed by atoms with Gasteiger partial charge in [-0.05, 0) is 37.4 Å². The Hall–Kier alpha value is -2.65. The molecule has 0 fully saturated rings. The number of anilines is 2. The fourth-order valence-corrected chi connectivity index (χ4v) is 2.35. The van der Waals surface area contributed by atoms with Gasteiger partial charge >= 0.3 is 0 Å². The minimum Gasteiger partial charge on any atom is -0.324 e. The van der Waals surface area contributed by atoms with Crippen LogP contribution < -0.4 is 10.6 Å². The van der Waals surface area contributed by atoms with E-state index in [9.17, 15) is 27.2 Å². The highest BCUT2D eigenvalue weighted by molar-refractivity contribution is 6.33. The van der Waals surface area contributed by atoms with Crippen molar-refractivity contribution >= 4 is 34.8 Å². The quantitative estimate of drug-likeness (QED) is 0.574. The molecule has 0 unspecified atom stereocenters. The van der Waals surface area contributed by atoms with Crippen molar-refractivity contribution in [1.29, 1.82) is 0 Å². The summed E-state index contributed by atoms with van der Waals surface area (Å²) in [5, 5.41) is 4.55. The average Bonchev–Trinajstić information content (AvgIpc) is 2.57. The maximum Gasteiger partial charge on any atom is 0.238 e. The lowest BCUT2D eigenvalue weighted by Gasteiger charge is -2.16. The first kappa shape index (κ1) is 20.7. The number of carbonyl (C=O) groups excluding carboxylic acids is 2. The van der Waals surface area contributed by atoms with Crippen molar-refractivity contribution in [3.63, 3.8) is 0 Å². The molecule has 2 rings (SSSR count). The first-order chi connectivity index (χ1) is 12.7. The highest BCUT2D eigenvalue weighted by Gasteiger charge is 2.17. The first-order valence-corrected chi connectivity index (χ1v) is 7.92. The molecule has 2 N–H and O–H groups in total. The van der Waals surface area contributed by atoms with Gasteiger partial charge in [0.2, 0.25) is 11.8 Å². The lowest BCUT2D eigenvalue weighted by molar-refractivity contribution is -0.119. The number of nitrogens with zero attached hydrogens (tertiary/aromatic N) is 1. The van der Waals surface area contributed by atoms with Gasteiger partial charge in [0, 0.05) is 0 Å². The topological polar surface area (TPSA) is 61.4 Å². The Kier molecular flexibility index (Phi) is 6.75. The summed E-state index contributed by atoms with van der Waals surface area (Å²) in [5.41, 5.74) is -0.320. The molecule has 2 aromatic carbocycles. The molecule has 0 saturated heterocycles. The van der Waals surface area contributed by atoms with Gasteiger partial charge < -0.3 is 10.6 Å². The SMILES string of the molecule is CN(CC(=O)Nc1ccc(F)cc1Cl)CC(=O)Nc1ccc(F)c(F)c1F. The molecule has 0 aliphatic heterocycles. The van der Waals surface area contributed by atoms with Gasteiger partial charge in [0.25, 0.3) is 0 Å². The van der Waals surface area contributed by atoms with Crippen molar-refractivity contribution in [2.45, 2.75) is 0 Å². The third kappa shape index (κ3) is 5.66. The summed E-state index contributed by atoms with van der Waals surface area (Å²) in [7, 11) is 1.44. The van der Waals surface area contributed by atoms with Crippen molar-refractivity contribution in [1.82, 2.24) is 4.90 Å². The molecule has 0 radical (unpaired) electrons. The van der Waals surface area contributed by atoms with Crippen LogP contribution in [0.1, 0.15) is 0 Å². The molecule has 0 spiro atoms. The summed E-state index contributed by atoms with van der Waals surface area (Å²) in [4.78, 5) is 25.1. The maximum absolute atomic E-state index is 13.5. The Morgan fingerprint density at radius 2 is 1.48 bits per heavy atom. The number of hydrogen-bond donors (Lipinski definition) is 2. The minimum absolute atomic E-state index is 0.0116. The van der Waals surface area contributed by atoms with Crippen LogP contribution in [-0.4, -0.2) is 36.9 Å². The van der Waals surface area contributed by atoms with Gasteiger partial charge in [-0.25, -0.2) is 17.6 Å². The van der Waals surface area contributed by atoms with Crippen LogP contribution in [0.2, 0.25) is 5.02 Å². The van der Waals surface area contributed by atoms with Crippen LogP contribution in [0.25, 0.3) is 0 Å². The van der Waals surface area contributed by atoms with Crippen LogP contribution in [0.3, 0.4) is 0 Å². The van der Waals surface area contributed by atoms with E-state index in [1.54, 1.807) is 0 Å². The standard InChI is InChI=1S/C17H14ClF4N3O2/c1-25(7-14(26)23-12-4-2-9(19)6-10(12)18)8-15(27)24-13-5-3-11(20)16(21)17(13)22/h2-6H,7-8H2,1H3,(H,23,26)(H,24,27). The number of nitrogens with one attached hydrogen (secondary N) is 2. The largest absolute Gasteiger partial charge is 0.324 e. The molecule has 5 nitrogen and oxygen atoms in total. The number of halogens is 5. The summed E-state index contributed by atoms with van der Waals surface area (Å²) in [6.45, 7) is -0.565. The van der Waals surface area contributed by atoms with Gasteiger partial charge in [0.1, 0.15) is 5.82 Å². The van der Waals surface area contributed by atoms with Crippen molar-refractivity contribution in [3.05, 3.63) is 58.6 Å². The molecule has 0 saturated carbocycles. The van der Waals surface area contributed by atoms with E-state index in [2.05, 4.69) is 10.6 Å². The van der Waals surface area contributed by atoms with Crippen LogP contribution in [0.15, 0.2) is 30.3 Å². The zero-order valence-corrected chi connectivity index (χ0v) is 14.7. The molecule has 0 bridgehead atoms. The number of amides is 2. The molecular weight excluding hydrogens is 390 g/mol. The van der Waals surface area contributed by atoms with E-state index in [4.69, 9.17) is 11.6 Å². The molecule has 0 heterocycles. The highest BCUT2D eigenvalue weighted by Crippen LogP contribution is 2.22. The predicted molar refractivity (Wildman–Crippen MR) is 92.5 cm³/mol. The Balaban J connectivity index is 1.89. The Morgan fingerprint density at radius 1 is 0.926 bits per heavy atom. The maximum atomic E-state index is 13.5. The molecule has 10 heteroatoms. The van der Waals surface area contributed by atoms with Crippen LogP contribution in [0.5, 0.6) is 0 Å². The summed E-state index contributed by atoms with van der Waals surface area (Å²) in [5.74, 6) is -6.42. The molecule has 0 aliphatic rings. The van der Waals surface area contributed by atoms with Gasteiger partial charge in [-0.2, -0.15) is 0 Å². The van der Waals surface area contributed by atoms with Gasteiger partial charge in [-0.1, -0.05) is 11.6 Å². The second-order valence-electron chi connectivity index (χ2n) is 5.62. The molecule has 2 aromatic rings. The van der Waals surface area contributed by atoms with Crippen molar-refractivity contribution < 1.29 is 27.2 Å². The number of rotatable bonds is 6. The molecule has 0 aliphatic carbocycles. The Morgan fingerprint density at radius 3 is 2.07 bits per heavy atom. The Labute approximate surface area is 156 Å². The van der Waals surface area contributed by atoms with Gasteiger partial charge in [0.05, 0.1) is 29.5 Å². The monoisotopic (exact) mass is 403 g/mol. The van der Waals surface area contributed by atoms with Crippen LogP contribution in [0, 0.1) is 23.3 Å². The van der Waals surface area contributed by atoms with E-state index in [-0.39, 0.29) is 23.8 Å². The number of likely N-dealkylation sites (N-methyl/N-ethyl adjacent to an activating group) is 1. The second-order valence-corrected chi connectivity index (χ2v) is 6.02. The van der Waals surface area contributed by atoms with E-state index in [1.165, 1.54) is 18.0 Å². The molecular formula is C17H14ClF4N3O2. The third-order valence-corrected chi connectivity index (χ3v) is 3.65. The van der Waals surface area contributed by atoms with Crippen LogP contribution >= 0.6 is 11.6 Å². The molecule has 2 amide bonds. The van der Waals surface area contributed by atoms with E-state index in [0.29, 0.717) is 6.07 Å². The van der Waals surface area contributed by atoms with E-state index < -0.39 is 40.8 Å². The summed E-state index contributed by atoms with van der Waals surface area (Å²) >= 11 is 5.80. The van der Waals surface area contributed by atoms with Gasteiger partial charge in [-0.15, -0.1) is 0 Å². The average molecular weight is 404 g/mol. The number of benzene rings is 2. The zero-order chi connectivity index (χ0) is 20.1. The highest BCUT2D eigenvalue weighted by atomic mass is 35.5.